The molecule has 0 bridgehead atoms. The Hall–Kier alpha value is -1.76. The number of hydrogen-bond donors (Lipinski definition) is 2. The largest absolute Gasteiger partial charge is 0.308 e. The van der Waals surface area contributed by atoms with Crippen LogP contribution in [-0.2, 0) is 16.4 Å². The zero-order valence-corrected chi connectivity index (χ0v) is 13.2. The van der Waals surface area contributed by atoms with Gasteiger partial charge in [0.25, 0.3) is 0 Å². The van der Waals surface area contributed by atoms with Crippen molar-refractivity contribution in [3.8, 4) is 0 Å². The maximum atomic E-state index is 12.3. The second-order valence-electron chi connectivity index (χ2n) is 5.44. The van der Waals surface area contributed by atoms with Gasteiger partial charge < -0.3 is 5.32 Å². The third-order valence-corrected chi connectivity index (χ3v) is 5.30. The lowest BCUT2D eigenvalue weighted by Gasteiger charge is -2.27. The summed E-state index contributed by atoms with van der Waals surface area (Å²) in [6, 6.07) is 11.4. The van der Waals surface area contributed by atoms with Crippen LogP contribution in [0.2, 0.25) is 0 Å². The molecule has 1 aromatic heterocycles. The molecule has 0 amide bonds. The van der Waals surface area contributed by atoms with Gasteiger partial charge in [0.2, 0.25) is 10.0 Å². The summed E-state index contributed by atoms with van der Waals surface area (Å²) in [4.78, 5) is 4.24. The van der Waals surface area contributed by atoms with Crippen molar-refractivity contribution in [2.24, 2.45) is 0 Å². The van der Waals surface area contributed by atoms with E-state index in [4.69, 9.17) is 0 Å². The standard InChI is InChI=1S/C16H19N3O2S/c1-12-6-7-14(10-18-12)22(20,21)19-11-16-15-5-3-2-4-13(15)8-9-17-16/h2-7,10,16-17,19H,8-9,11H2,1H3. The SMILES string of the molecule is Cc1ccc(S(=O)(=O)NCC2NCCc3ccccc32)cn1. The Kier molecular flexibility index (Phi) is 4.24. The van der Waals surface area contributed by atoms with E-state index in [1.165, 1.54) is 17.3 Å². The molecule has 1 unspecified atom stereocenters. The molecule has 6 heteroatoms. The number of sulfonamides is 1. The van der Waals surface area contributed by atoms with Crippen molar-refractivity contribution in [3.05, 3.63) is 59.4 Å². The Bertz CT molecular complexity index is 757. The van der Waals surface area contributed by atoms with Crippen LogP contribution < -0.4 is 10.0 Å². The highest BCUT2D eigenvalue weighted by atomic mass is 32.2. The van der Waals surface area contributed by atoms with Gasteiger partial charge in [0, 0.05) is 24.5 Å². The monoisotopic (exact) mass is 317 g/mol. The lowest BCUT2D eigenvalue weighted by molar-refractivity contribution is 0.491. The van der Waals surface area contributed by atoms with Gasteiger partial charge in [-0.05, 0) is 43.1 Å². The second-order valence-corrected chi connectivity index (χ2v) is 7.21. The first kappa shape index (κ1) is 15.1. The molecule has 1 aromatic carbocycles. The van der Waals surface area contributed by atoms with Crippen molar-refractivity contribution >= 4 is 10.0 Å². The average Bonchev–Trinajstić information content (AvgIpc) is 2.53. The van der Waals surface area contributed by atoms with Crippen LogP contribution in [-0.4, -0.2) is 26.5 Å². The van der Waals surface area contributed by atoms with Gasteiger partial charge in [-0.1, -0.05) is 24.3 Å². The Balaban J connectivity index is 1.74. The minimum atomic E-state index is -3.53. The molecule has 0 saturated heterocycles. The molecule has 5 nitrogen and oxygen atoms in total. The number of nitrogens with one attached hydrogen (secondary N) is 2. The fraction of sp³-hybridized carbons (Fsp3) is 0.312. The van der Waals surface area contributed by atoms with Crippen LogP contribution in [0.3, 0.4) is 0 Å². The summed E-state index contributed by atoms with van der Waals surface area (Å²) in [5.41, 5.74) is 3.24. The lowest BCUT2D eigenvalue weighted by Crippen LogP contribution is -2.38. The van der Waals surface area contributed by atoms with E-state index in [0.29, 0.717) is 6.54 Å². The van der Waals surface area contributed by atoms with E-state index in [-0.39, 0.29) is 10.9 Å². The van der Waals surface area contributed by atoms with Crippen molar-refractivity contribution in [3.63, 3.8) is 0 Å². The highest BCUT2D eigenvalue weighted by Crippen LogP contribution is 2.22. The number of fused-ring (bicyclic) bond motifs is 1. The molecule has 0 spiro atoms. The Morgan fingerprint density at radius 3 is 2.86 bits per heavy atom. The van der Waals surface area contributed by atoms with Crippen molar-refractivity contribution < 1.29 is 8.42 Å². The molecular weight excluding hydrogens is 298 g/mol. The number of nitrogens with zero attached hydrogens (tertiary/aromatic N) is 1. The Morgan fingerprint density at radius 1 is 1.27 bits per heavy atom. The van der Waals surface area contributed by atoms with Crippen molar-refractivity contribution in [2.45, 2.75) is 24.3 Å². The quantitative estimate of drug-likeness (QED) is 0.898. The molecule has 1 aliphatic rings. The van der Waals surface area contributed by atoms with E-state index in [9.17, 15) is 8.42 Å². The molecule has 1 aliphatic heterocycles. The van der Waals surface area contributed by atoms with Gasteiger partial charge in [-0.3, -0.25) is 4.98 Å². The first-order valence-corrected chi connectivity index (χ1v) is 8.78. The highest BCUT2D eigenvalue weighted by Gasteiger charge is 2.22. The lowest BCUT2D eigenvalue weighted by atomic mass is 9.95. The Labute approximate surface area is 130 Å². The van der Waals surface area contributed by atoms with Gasteiger partial charge in [0.05, 0.1) is 0 Å². The zero-order valence-electron chi connectivity index (χ0n) is 12.4. The van der Waals surface area contributed by atoms with Crippen molar-refractivity contribution in [1.29, 1.82) is 0 Å². The van der Waals surface area contributed by atoms with Crippen LogP contribution in [0, 0.1) is 6.92 Å². The van der Waals surface area contributed by atoms with Crippen molar-refractivity contribution in [1.82, 2.24) is 15.0 Å². The molecule has 0 saturated carbocycles. The molecule has 116 valence electrons. The van der Waals surface area contributed by atoms with Crippen LogP contribution >= 0.6 is 0 Å². The van der Waals surface area contributed by atoms with E-state index in [1.54, 1.807) is 12.1 Å². The third-order valence-electron chi connectivity index (χ3n) is 3.89. The molecule has 2 N–H and O–H groups in total. The van der Waals surface area contributed by atoms with Gasteiger partial charge in [0.15, 0.2) is 0 Å². The molecule has 0 fully saturated rings. The van der Waals surface area contributed by atoms with Crippen molar-refractivity contribution in [2.75, 3.05) is 13.1 Å². The van der Waals surface area contributed by atoms with Crippen LogP contribution in [0.5, 0.6) is 0 Å². The first-order chi connectivity index (χ1) is 10.6. The zero-order chi connectivity index (χ0) is 15.6. The van der Waals surface area contributed by atoms with Gasteiger partial charge in [-0.15, -0.1) is 0 Å². The summed E-state index contributed by atoms with van der Waals surface area (Å²) >= 11 is 0. The molecule has 0 radical (unpaired) electrons. The van der Waals surface area contributed by atoms with Crippen LogP contribution in [0.15, 0.2) is 47.5 Å². The summed E-state index contributed by atoms with van der Waals surface area (Å²) in [5.74, 6) is 0. The third kappa shape index (κ3) is 3.19. The molecule has 22 heavy (non-hydrogen) atoms. The van der Waals surface area contributed by atoms with Crippen LogP contribution in [0.4, 0.5) is 0 Å². The maximum Gasteiger partial charge on any atom is 0.242 e. The van der Waals surface area contributed by atoms with Gasteiger partial charge in [-0.25, -0.2) is 13.1 Å². The second kappa shape index (κ2) is 6.16. The maximum absolute atomic E-state index is 12.3. The van der Waals surface area contributed by atoms with E-state index in [1.807, 2.05) is 25.1 Å². The number of rotatable bonds is 4. The minimum absolute atomic E-state index is 0.00173. The topological polar surface area (TPSA) is 71.1 Å². The van der Waals surface area contributed by atoms with Gasteiger partial charge in [0.1, 0.15) is 4.90 Å². The average molecular weight is 317 g/mol. The first-order valence-electron chi connectivity index (χ1n) is 7.30. The molecule has 2 aromatic rings. The summed E-state index contributed by atoms with van der Waals surface area (Å²) in [7, 11) is -3.53. The molecule has 2 heterocycles. The number of pyridine rings is 1. The fourth-order valence-corrected chi connectivity index (χ4v) is 3.66. The molecule has 1 atom stereocenters. The van der Waals surface area contributed by atoms with E-state index < -0.39 is 10.0 Å². The van der Waals surface area contributed by atoms with Gasteiger partial charge >= 0.3 is 0 Å². The summed E-state index contributed by atoms with van der Waals surface area (Å²) in [5, 5.41) is 3.37. The predicted molar refractivity (Wildman–Crippen MR) is 85.1 cm³/mol. The summed E-state index contributed by atoms with van der Waals surface area (Å²) < 4.78 is 27.3. The number of benzene rings is 1. The number of aryl methyl sites for hydroxylation is 1. The molecule has 3 rings (SSSR count). The summed E-state index contributed by atoms with van der Waals surface area (Å²) in [6.45, 7) is 3.01. The van der Waals surface area contributed by atoms with Gasteiger partial charge in [-0.2, -0.15) is 0 Å². The highest BCUT2D eigenvalue weighted by molar-refractivity contribution is 7.89. The Morgan fingerprint density at radius 2 is 2.09 bits per heavy atom. The normalized spacial score (nSPS) is 18.0. The van der Waals surface area contributed by atoms with E-state index in [2.05, 4.69) is 21.1 Å². The van der Waals surface area contributed by atoms with Crippen LogP contribution in [0.1, 0.15) is 22.9 Å². The van der Waals surface area contributed by atoms with E-state index in [0.717, 1.165) is 18.7 Å². The van der Waals surface area contributed by atoms with E-state index >= 15 is 0 Å². The summed E-state index contributed by atoms with van der Waals surface area (Å²) in [6.07, 6.45) is 2.36. The number of aromatic nitrogens is 1. The van der Waals surface area contributed by atoms with Crippen LogP contribution in [0.25, 0.3) is 0 Å². The number of hydrogen-bond acceptors (Lipinski definition) is 4. The fourth-order valence-electron chi connectivity index (χ4n) is 2.66. The molecule has 0 aliphatic carbocycles. The molecular formula is C16H19N3O2S. The smallest absolute Gasteiger partial charge is 0.242 e. The minimum Gasteiger partial charge on any atom is -0.308 e. The predicted octanol–water partition coefficient (Wildman–Crippen LogP) is 1.56.